The first-order chi connectivity index (χ1) is 4.20. The van der Waals surface area contributed by atoms with Crippen LogP contribution >= 0.6 is 0 Å². The van der Waals surface area contributed by atoms with E-state index in [1.54, 1.807) is 0 Å². The van der Waals surface area contributed by atoms with Crippen LogP contribution in [0, 0.1) is 10.1 Å². The Kier molecular flexibility index (Phi) is 1.19. The molecule has 2 amide bonds. The lowest BCUT2D eigenvalue weighted by Gasteiger charge is -1.95. The normalized spacial score (nSPS) is 24.9. The summed E-state index contributed by atoms with van der Waals surface area (Å²) >= 11 is 0. The summed E-state index contributed by atoms with van der Waals surface area (Å²) < 4.78 is 0. The quantitative estimate of drug-likeness (QED) is 0.294. The van der Waals surface area contributed by atoms with Crippen molar-refractivity contribution in [1.82, 2.24) is 16.2 Å². The summed E-state index contributed by atoms with van der Waals surface area (Å²) in [5.41, 5.74) is 4.11. The van der Waals surface area contributed by atoms with E-state index in [2.05, 4.69) is 5.43 Å². The second-order valence-electron chi connectivity index (χ2n) is 1.43. The Bertz CT molecular complexity index is 156. The Morgan fingerprint density at radius 1 is 1.67 bits per heavy atom. The molecule has 1 aliphatic rings. The lowest BCUT2D eigenvalue weighted by Crippen LogP contribution is -2.40. The summed E-state index contributed by atoms with van der Waals surface area (Å²) in [6.45, 7) is 0. The Balaban J connectivity index is 2.48. The minimum absolute atomic E-state index is 0.586. The highest BCUT2D eigenvalue weighted by molar-refractivity contribution is 5.75. The molecule has 9 heavy (non-hydrogen) atoms. The molecule has 1 rings (SSSR count). The highest BCUT2D eigenvalue weighted by Crippen LogP contribution is 1.82. The zero-order valence-corrected chi connectivity index (χ0v) is 4.25. The van der Waals surface area contributed by atoms with Crippen LogP contribution in [-0.2, 0) is 0 Å². The first kappa shape index (κ1) is 5.76. The SMILES string of the molecule is O=C1NNC([N+](=O)[O-])N1. The molecule has 50 valence electrons. The molecule has 0 spiro atoms. The highest BCUT2D eigenvalue weighted by atomic mass is 16.6. The molecule has 7 heteroatoms. The number of hydrogen-bond acceptors (Lipinski definition) is 4. The van der Waals surface area contributed by atoms with Gasteiger partial charge in [0.25, 0.3) is 0 Å². The van der Waals surface area contributed by atoms with E-state index in [1.165, 1.54) is 0 Å². The van der Waals surface area contributed by atoms with Crippen LogP contribution in [0.2, 0.25) is 0 Å². The molecule has 0 aromatic heterocycles. The van der Waals surface area contributed by atoms with E-state index in [-0.39, 0.29) is 0 Å². The number of nitrogens with one attached hydrogen (secondary N) is 3. The van der Waals surface area contributed by atoms with Gasteiger partial charge in [0, 0.05) is 0 Å². The Hall–Kier alpha value is -1.37. The van der Waals surface area contributed by atoms with Crippen LogP contribution in [-0.4, -0.2) is 17.2 Å². The molecule has 1 atom stereocenters. The summed E-state index contributed by atoms with van der Waals surface area (Å²) in [5, 5.41) is 11.8. The fourth-order valence-corrected chi connectivity index (χ4v) is 0.436. The fraction of sp³-hybridized carbons (Fsp3) is 0.500. The van der Waals surface area contributed by atoms with Gasteiger partial charge in [-0.15, -0.1) is 5.43 Å². The monoisotopic (exact) mass is 132 g/mol. The molecule has 0 aliphatic carbocycles. The maximum Gasteiger partial charge on any atom is 0.363 e. The van der Waals surface area contributed by atoms with Crippen LogP contribution in [0.25, 0.3) is 0 Å². The van der Waals surface area contributed by atoms with Gasteiger partial charge in [0.2, 0.25) is 0 Å². The summed E-state index contributed by atoms with van der Waals surface area (Å²) in [5.74, 6) is 0. The van der Waals surface area contributed by atoms with Crippen LogP contribution in [0.4, 0.5) is 4.79 Å². The third-order valence-corrected chi connectivity index (χ3v) is 0.801. The van der Waals surface area contributed by atoms with Crippen LogP contribution in [0.5, 0.6) is 0 Å². The average molecular weight is 132 g/mol. The number of carbonyl (C=O) groups excluding carboxylic acids is 1. The first-order valence-corrected chi connectivity index (χ1v) is 2.15. The Morgan fingerprint density at radius 3 is 2.56 bits per heavy atom. The van der Waals surface area contributed by atoms with E-state index in [9.17, 15) is 14.9 Å². The molecule has 7 nitrogen and oxygen atoms in total. The smallest absolute Gasteiger partial charge is 0.266 e. The number of carbonyl (C=O) groups is 1. The number of hydrazine groups is 1. The van der Waals surface area contributed by atoms with Crippen molar-refractivity contribution in [2.45, 2.75) is 6.29 Å². The van der Waals surface area contributed by atoms with Crippen LogP contribution in [0.3, 0.4) is 0 Å². The van der Waals surface area contributed by atoms with E-state index < -0.39 is 17.2 Å². The number of nitrogens with zero attached hydrogens (tertiary/aromatic N) is 1. The van der Waals surface area contributed by atoms with Crippen molar-refractivity contribution in [2.75, 3.05) is 0 Å². The minimum Gasteiger partial charge on any atom is -0.266 e. The number of rotatable bonds is 1. The van der Waals surface area contributed by atoms with Gasteiger partial charge in [0.15, 0.2) is 0 Å². The van der Waals surface area contributed by atoms with Gasteiger partial charge in [-0.2, -0.15) is 0 Å². The molecule has 0 aromatic rings. The average Bonchev–Trinajstić information content (AvgIpc) is 2.14. The standard InChI is InChI=1S/C2H4N4O3/c7-2-3-1(4-5-2)6(8)9/h1,4H,(H2,3,5,7). The van der Waals surface area contributed by atoms with E-state index >= 15 is 0 Å². The first-order valence-electron chi connectivity index (χ1n) is 2.15. The third kappa shape index (κ3) is 1.05. The van der Waals surface area contributed by atoms with Gasteiger partial charge < -0.3 is 0 Å². The third-order valence-electron chi connectivity index (χ3n) is 0.801. The maximum absolute atomic E-state index is 10.2. The summed E-state index contributed by atoms with van der Waals surface area (Å²) in [7, 11) is 0. The molecule has 1 fully saturated rings. The molecule has 3 N–H and O–H groups in total. The predicted octanol–water partition coefficient (Wildman–Crippen LogP) is -1.64. The zero-order chi connectivity index (χ0) is 6.85. The predicted molar refractivity (Wildman–Crippen MR) is 25.6 cm³/mol. The van der Waals surface area contributed by atoms with Crippen molar-refractivity contribution in [3.8, 4) is 0 Å². The molecular formula is C2H4N4O3. The molecular weight excluding hydrogens is 128 g/mol. The maximum atomic E-state index is 10.2. The summed E-state index contributed by atoms with van der Waals surface area (Å²) in [6, 6.07) is -0.586. The van der Waals surface area contributed by atoms with Gasteiger partial charge in [-0.1, -0.05) is 0 Å². The van der Waals surface area contributed by atoms with Crippen LogP contribution < -0.4 is 16.2 Å². The van der Waals surface area contributed by atoms with Crippen molar-refractivity contribution in [3.63, 3.8) is 0 Å². The van der Waals surface area contributed by atoms with E-state index in [4.69, 9.17) is 0 Å². The zero-order valence-electron chi connectivity index (χ0n) is 4.25. The molecule has 0 saturated carbocycles. The van der Waals surface area contributed by atoms with Gasteiger partial charge in [0.1, 0.15) is 0 Å². The van der Waals surface area contributed by atoms with Gasteiger partial charge in [-0.05, 0) is 0 Å². The van der Waals surface area contributed by atoms with Gasteiger partial charge in [-0.25, -0.2) is 4.79 Å². The lowest BCUT2D eigenvalue weighted by molar-refractivity contribution is -0.531. The molecule has 1 aliphatic heterocycles. The van der Waals surface area contributed by atoms with Crippen LogP contribution in [0.15, 0.2) is 0 Å². The van der Waals surface area contributed by atoms with Crippen molar-refractivity contribution in [3.05, 3.63) is 10.1 Å². The molecule has 1 heterocycles. The molecule has 1 saturated heterocycles. The lowest BCUT2D eigenvalue weighted by atomic mass is 10.9. The summed E-state index contributed by atoms with van der Waals surface area (Å²) in [6.07, 6.45) is -1.20. The Morgan fingerprint density at radius 2 is 2.33 bits per heavy atom. The number of hydrogen-bond donors (Lipinski definition) is 3. The number of nitro groups is 1. The second-order valence-corrected chi connectivity index (χ2v) is 1.43. The van der Waals surface area contributed by atoms with Crippen molar-refractivity contribution < 1.29 is 9.72 Å². The van der Waals surface area contributed by atoms with E-state index in [0.29, 0.717) is 0 Å². The van der Waals surface area contributed by atoms with Gasteiger partial charge >= 0.3 is 12.3 Å². The van der Waals surface area contributed by atoms with Gasteiger partial charge in [-0.3, -0.25) is 20.9 Å². The molecule has 0 radical (unpaired) electrons. The van der Waals surface area contributed by atoms with E-state index in [1.807, 2.05) is 10.7 Å². The van der Waals surface area contributed by atoms with Gasteiger partial charge in [0.05, 0.1) is 4.92 Å². The topological polar surface area (TPSA) is 96.3 Å². The number of amides is 2. The van der Waals surface area contributed by atoms with E-state index in [0.717, 1.165) is 0 Å². The van der Waals surface area contributed by atoms with Crippen molar-refractivity contribution >= 4 is 6.03 Å². The van der Waals surface area contributed by atoms with Crippen molar-refractivity contribution in [1.29, 1.82) is 0 Å². The second kappa shape index (κ2) is 1.86. The highest BCUT2D eigenvalue weighted by Gasteiger charge is 2.27. The minimum atomic E-state index is -1.20. The number of urea groups is 1. The molecule has 0 aromatic carbocycles. The molecule has 1 unspecified atom stereocenters. The molecule has 0 bridgehead atoms. The van der Waals surface area contributed by atoms with Crippen molar-refractivity contribution in [2.24, 2.45) is 0 Å². The van der Waals surface area contributed by atoms with Crippen LogP contribution in [0.1, 0.15) is 0 Å². The Labute approximate surface area is 49.5 Å². The largest absolute Gasteiger partial charge is 0.363 e. The fourth-order valence-electron chi connectivity index (χ4n) is 0.436. The summed E-state index contributed by atoms with van der Waals surface area (Å²) in [4.78, 5) is 19.3.